The Hall–Kier alpha value is -3.61. The van der Waals surface area contributed by atoms with Gasteiger partial charge in [0.25, 0.3) is 0 Å². The van der Waals surface area contributed by atoms with Crippen LogP contribution in [0, 0.1) is 12.7 Å². The fourth-order valence-corrected chi connectivity index (χ4v) is 3.60. The number of hydrogen-bond acceptors (Lipinski definition) is 6. The smallest absolute Gasteiger partial charge is 0.348 e. The van der Waals surface area contributed by atoms with Crippen LogP contribution in [0.2, 0.25) is 0 Å². The lowest BCUT2D eigenvalue weighted by Crippen LogP contribution is -2.32. The summed E-state index contributed by atoms with van der Waals surface area (Å²) in [5.41, 5.74) is 0.867. The first-order chi connectivity index (χ1) is 14.5. The molecule has 6 nitrogen and oxygen atoms in total. The molecule has 0 spiro atoms. The normalized spacial score (nSPS) is 17.2. The van der Waals surface area contributed by atoms with Gasteiger partial charge in [0.15, 0.2) is 0 Å². The number of halogens is 1. The van der Waals surface area contributed by atoms with Gasteiger partial charge < -0.3 is 18.6 Å². The van der Waals surface area contributed by atoms with Crippen molar-refractivity contribution in [3.05, 3.63) is 93.3 Å². The van der Waals surface area contributed by atoms with Crippen molar-refractivity contribution in [2.75, 3.05) is 7.11 Å². The predicted molar refractivity (Wildman–Crippen MR) is 105 cm³/mol. The molecule has 0 radical (unpaired) electrons. The second-order valence-electron chi connectivity index (χ2n) is 6.92. The van der Waals surface area contributed by atoms with Gasteiger partial charge in [0.2, 0.25) is 6.10 Å². The molecule has 0 aliphatic carbocycles. The molecule has 0 N–H and O–H groups in total. The zero-order valence-electron chi connectivity index (χ0n) is 16.4. The van der Waals surface area contributed by atoms with Gasteiger partial charge in [0.1, 0.15) is 29.7 Å². The maximum atomic E-state index is 13.5. The molecule has 1 aliphatic heterocycles. The van der Waals surface area contributed by atoms with Crippen molar-refractivity contribution in [3.63, 3.8) is 0 Å². The Kier molecular flexibility index (Phi) is 5.27. The van der Waals surface area contributed by atoms with Gasteiger partial charge in [0, 0.05) is 11.6 Å². The molecule has 2 atom stereocenters. The third-order valence-corrected chi connectivity index (χ3v) is 4.91. The van der Waals surface area contributed by atoms with E-state index in [1.54, 1.807) is 49.4 Å². The van der Waals surface area contributed by atoms with E-state index in [0.29, 0.717) is 22.6 Å². The molecule has 154 valence electrons. The summed E-state index contributed by atoms with van der Waals surface area (Å²) in [5, 5.41) is 0. The Morgan fingerprint density at radius 3 is 2.70 bits per heavy atom. The quantitative estimate of drug-likeness (QED) is 0.597. The maximum absolute atomic E-state index is 13.5. The molecule has 2 heterocycles. The lowest BCUT2D eigenvalue weighted by molar-refractivity contribution is -0.148. The van der Waals surface area contributed by atoms with Crippen LogP contribution < -0.4 is 15.1 Å². The van der Waals surface area contributed by atoms with Gasteiger partial charge in [-0.05, 0) is 30.7 Å². The van der Waals surface area contributed by atoms with Crippen molar-refractivity contribution in [2.24, 2.45) is 0 Å². The average Bonchev–Trinajstić information content (AvgIpc) is 3.11. The van der Waals surface area contributed by atoms with E-state index in [-0.39, 0.29) is 23.7 Å². The number of carbonyl (C=O) groups is 1. The first-order valence-corrected chi connectivity index (χ1v) is 9.33. The number of para-hydroxylation sites is 1. The number of benzene rings is 2. The van der Waals surface area contributed by atoms with E-state index < -0.39 is 23.6 Å². The summed E-state index contributed by atoms with van der Waals surface area (Å²) in [4.78, 5) is 25.0. The van der Waals surface area contributed by atoms with E-state index in [9.17, 15) is 14.0 Å². The fraction of sp³-hybridized carbons (Fsp3) is 0.217. The first-order valence-electron chi connectivity index (χ1n) is 9.33. The molecule has 1 aliphatic rings. The van der Waals surface area contributed by atoms with E-state index in [1.165, 1.54) is 19.2 Å². The number of aryl methyl sites for hydroxylation is 1. The molecule has 0 bridgehead atoms. The van der Waals surface area contributed by atoms with Crippen molar-refractivity contribution in [2.45, 2.75) is 25.6 Å². The maximum Gasteiger partial charge on any atom is 0.348 e. The summed E-state index contributed by atoms with van der Waals surface area (Å²) >= 11 is 0. The summed E-state index contributed by atoms with van der Waals surface area (Å²) in [6, 6.07) is 14.7. The Morgan fingerprint density at radius 1 is 1.13 bits per heavy atom. The highest BCUT2D eigenvalue weighted by atomic mass is 19.1. The van der Waals surface area contributed by atoms with Crippen molar-refractivity contribution >= 4 is 5.97 Å². The van der Waals surface area contributed by atoms with Gasteiger partial charge >= 0.3 is 11.6 Å². The number of methoxy groups -OCH3 is 1. The Balaban J connectivity index is 1.75. The van der Waals surface area contributed by atoms with Crippen LogP contribution in [0.5, 0.6) is 11.5 Å². The third-order valence-electron chi connectivity index (χ3n) is 4.91. The van der Waals surface area contributed by atoms with Gasteiger partial charge in [-0.25, -0.2) is 14.0 Å². The van der Waals surface area contributed by atoms with Gasteiger partial charge in [-0.2, -0.15) is 0 Å². The zero-order valence-corrected chi connectivity index (χ0v) is 16.4. The zero-order chi connectivity index (χ0) is 21.3. The molecule has 0 saturated heterocycles. The highest BCUT2D eigenvalue weighted by molar-refractivity contribution is 5.79. The van der Waals surface area contributed by atoms with Crippen molar-refractivity contribution < 1.29 is 27.8 Å². The van der Waals surface area contributed by atoms with Crippen LogP contribution in [0.3, 0.4) is 0 Å². The van der Waals surface area contributed by atoms with E-state index >= 15 is 0 Å². The van der Waals surface area contributed by atoms with Crippen LogP contribution in [-0.2, 0) is 16.1 Å². The summed E-state index contributed by atoms with van der Waals surface area (Å²) < 4.78 is 35.3. The van der Waals surface area contributed by atoms with Gasteiger partial charge in [-0.3, -0.25) is 0 Å². The van der Waals surface area contributed by atoms with Crippen molar-refractivity contribution in [1.82, 2.24) is 0 Å². The van der Waals surface area contributed by atoms with E-state index in [2.05, 4.69) is 0 Å². The van der Waals surface area contributed by atoms with Gasteiger partial charge in [-0.1, -0.05) is 30.3 Å². The lowest BCUT2D eigenvalue weighted by atomic mass is 9.88. The second-order valence-corrected chi connectivity index (χ2v) is 6.92. The SMILES string of the molecule is COC(=O)[C@H]1Oc2cc(C)oc(=O)c2[C@@H]1c1ccccc1OCc1cccc(F)c1. The van der Waals surface area contributed by atoms with Crippen LogP contribution in [-0.4, -0.2) is 19.2 Å². The summed E-state index contributed by atoms with van der Waals surface area (Å²) in [6.45, 7) is 1.74. The predicted octanol–water partition coefficient (Wildman–Crippen LogP) is 3.73. The van der Waals surface area contributed by atoms with Crippen LogP contribution in [0.1, 0.15) is 28.4 Å². The van der Waals surface area contributed by atoms with Gasteiger partial charge in [-0.15, -0.1) is 0 Å². The summed E-state index contributed by atoms with van der Waals surface area (Å²) in [7, 11) is 1.26. The third kappa shape index (κ3) is 3.66. The number of hydrogen-bond donors (Lipinski definition) is 0. The minimum absolute atomic E-state index is 0.112. The lowest BCUT2D eigenvalue weighted by Gasteiger charge is -2.20. The summed E-state index contributed by atoms with van der Waals surface area (Å²) in [6.07, 6.45) is -1.06. The molecular formula is C23H19FO6. The van der Waals surface area contributed by atoms with Crippen LogP contribution >= 0.6 is 0 Å². The molecule has 0 amide bonds. The molecule has 0 fully saturated rings. The minimum Gasteiger partial charge on any atom is -0.489 e. The molecule has 0 unspecified atom stereocenters. The van der Waals surface area contributed by atoms with Crippen LogP contribution in [0.15, 0.2) is 63.8 Å². The fourth-order valence-electron chi connectivity index (χ4n) is 3.60. The molecule has 4 rings (SSSR count). The second kappa shape index (κ2) is 8.02. The minimum atomic E-state index is -1.06. The topological polar surface area (TPSA) is 75.0 Å². The number of fused-ring (bicyclic) bond motifs is 1. The number of rotatable bonds is 5. The standard InChI is InChI=1S/C23H19FO6/c1-13-10-18-20(22(25)29-13)19(21(30-18)23(26)27-2)16-8-3-4-9-17(16)28-12-14-6-5-7-15(24)11-14/h3-11,19,21H,12H2,1-2H3/t19-,21-/m0/s1. The number of carbonyl (C=O) groups excluding carboxylic acids is 1. The van der Waals surface area contributed by atoms with Crippen LogP contribution in [0.4, 0.5) is 4.39 Å². The molecule has 1 aromatic heterocycles. The molecular weight excluding hydrogens is 391 g/mol. The van der Waals surface area contributed by atoms with E-state index in [0.717, 1.165) is 0 Å². The highest BCUT2D eigenvalue weighted by Gasteiger charge is 2.45. The van der Waals surface area contributed by atoms with Gasteiger partial charge in [0.05, 0.1) is 18.6 Å². The van der Waals surface area contributed by atoms with Crippen molar-refractivity contribution in [1.29, 1.82) is 0 Å². The molecule has 30 heavy (non-hydrogen) atoms. The number of ether oxygens (including phenoxy) is 3. The highest BCUT2D eigenvalue weighted by Crippen LogP contribution is 2.44. The molecule has 0 saturated carbocycles. The van der Waals surface area contributed by atoms with Crippen molar-refractivity contribution in [3.8, 4) is 11.5 Å². The Labute approximate surface area is 171 Å². The monoisotopic (exact) mass is 410 g/mol. The molecule has 3 aromatic rings. The molecule has 2 aromatic carbocycles. The molecule has 7 heteroatoms. The summed E-state index contributed by atoms with van der Waals surface area (Å²) in [5.74, 6) is -0.651. The largest absolute Gasteiger partial charge is 0.489 e. The number of esters is 1. The van der Waals surface area contributed by atoms with E-state index in [1.807, 2.05) is 0 Å². The van der Waals surface area contributed by atoms with E-state index in [4.69, 9.17) is 18.6 Å². The van der Waals surface area contributed by atoms with Crippen LogP contribution in [0.25, 0.3) is 0 Å². The Morgan fingerprint density at radius 2 is 1.93 bits per heavy atom. The Bertz CT molecular complexity index is 1150. The average molecular weight is 410 g/mol. The first kappa shape index (κ1) is 19.7.